The topological polar surface area (TPSA) is 26.3 Å². The summed E-state index contributed by atoms with van der Waals surface area (Å²) >= 11 is 0. The third-order valence-electron chi connectivity index (χ3n) is 1.54. The van der Waals surface area contributed by atoms with E-state index in [1.807, 2.05) is 6.92 Å². The highest BCUT2D eigenvalue weighted by Gasteiger charge is 2.10. The Labute approximate surface area is 62.6 Å². The van der Waals surface area contributed by atoms with Crippen LogP contribution in [0.15, 0.2) is 0 Å². The molecule has 0 heterocycles. The Morgan fingerprint density at radius 1 is 1.70 bits per heavy atom. The van der Waals surface area contributed by atoms with Crippen LogP contribution in [0.1, 0.15) is 33.1 Å². The van der Waals surface area contributed by atoms with Gasteiger partial charge in [0.1, 0.15) is 7.11 Å². The van der Waals surface area contributed by atoms with Crippen molar-refractivity contribution in [2.24, 2.45) is 5.92 Å². The monoisotopic (exact) mass is 143 g/mol. The number of rotatable bonds is 4. The number of carbonyl (C=O) groups excluding carboxylic acids is 1. The second-order valence-corrected chi connectivity index (χ2v) is 2.51. The third kappa shape index (κ3) is 3.49. The molecule has 0 N–H and O–H groups in total. The van der Waals surface area contributed by atoms with Gasteiger partial charge in [-0.3, -0.25) is 4.79 Å². The van der Waals surface area contributed by atoms with Crippen molar-refractivity contribution in [1.29, 1.82) is 0 Å². The third-order valence-corrected chi connectivity index (χ3v) is 1.54. The second kappa shape index (κ2) is 5.27. The largest absolute Gasteiger partial charge is 0.462 e. The Hall–Kier alpha value is -0.530. The smallest absolute Gasteiger partial charge is 0.308 e. The summed E-state index contributed by atoms with van der Waals surface area (Å²) in [5.74, 6) is -0.189. The van der Waals surface area contributed by atoms with Crippen molar-refractivity contribution in [3.05, 3.63) is 7.11 Å². The average Bonchev–Trinajstić information content (AvgIpc) is 1.98. The first-order valence-corrected chi connectivity index (χ1v) is 3.68. The van der Waals surface area contributed by atoms with Crippen LogP contribution in [-0.2, 0) is 9.53 Å². The predicted molar refractivity (Wildman–Crippen MR) is 40.1 cm³/mol. The first kappa shape index (κ1) is 9.47. The molecular weight excluding hydrogens is 128 g/mol. The van der Waals surface area contributed by atoms with E-state index in [2.05, 4.69) is 18.8 Å². The van der Waals surface area contributed by atoms with Gasteiger partial charge in [0.25, 0.3) is 0 Å². The number of unbranched alkanes of at least 4 members (excludes halogenated alkanes) is 1. The van der Waals surface area contributed by atoms with Crippen LogP contribution in [-0.4, -0.2) is 5.97 Å². The van der Waals surface area contributed by atoms with Crippen LogP contribution in [0.4, 0.5) is 0 Å². The van der Waals surface area contributed by atoms with Crippen molar-refractivity contribution in [2.45, 2.75) is 33.1 Å². The van der Waals surface area contributed by atoms with E-state index in [4.69, 9.17) is 0 Å². The maximum absolute atomic E-state index is 10.7. The van der Waals surface area contributed by atoms with Gasteiger partial charge in [0.15, 0.2) is 0 Å². The van der Waals surface area contributed by atoms with Gasteiger partial charge in [0, 0.05) is 0 Å². The molecule has 0 rings (SSSR count). The van der Waals surface area contributed by atoms with E-state index in [1.54, 1.807) is 0 Å². The normalized spacial score (nSPS) is 12.7. The lowest BCUT2D eigenvalue weighted by atomic mass is 10.1. The minimum Gasteiger partial charge on any atom is -0.462 e. The zero-order valence-corrected chi connectivity index (χ0v) is 6.72. The van der Waals surface area contributed by atoms with E-state index >= 15 is 0 Å². The van der Waals surface area contributed by atoms with Gasteiger partial charge in [-0.15, -0.1) is 0 Å². The van der Waals surface area contributed by atoms with Crippen molar-refractivity contribution in [3.8, 4) is 0 Å². The van der Waals surface area contributed by atoms with Gasteiger partial charge in [0.05, 0.1) is 5.92 Å². The summed E-state index contributed by atoms with van der Waals surface area (Å²) in [6.45, 7) is 3.96. The molecule has 0 aromatic heterocycles. The van der Waals surface area contributed by atoms with E-state index < -0.39 is 0 Å². The zero-order valence-electron chi connectivity index (χ0n) is 6.72. The van der Waals surface area contributed by atoms with Gasteiger partial charge >= 0.3 is 5.97 Å². The van der Waals surface area contributed by atoms with Gasteiger partial charge < -0.3 is 4.74 Å². The van der Waals surface area contributed by atoms with Crippen LogP contribution >= 0.6 is 0 Å². The van der Waals surface area contributed by atoms with E-state index in [0.717, 1.165) is 19.3 Å². The highest BCUT2D eigenvalue weighted by atomic mass is 16.5. The summed E-state index contributed by atoms with van der Waals surface area (Å²) in [5.41, 5.74) is 0. The molecule has 0 saturated carbocycles. The van der Waals surface area contributed by atoms with Crippen molar-refractivity contribution in [2.75, 3.05) is 0 Å². The Morgan fingerprint density at radius 3 is 2.70 bits per heavy atom. The van der Waals surface area contributed by atoms with Crippen LogP contribution in [0, 0.1) is 13.0 Å². The molecule has 59 valence electrons. The number of carbonyl (C=O) groups is 1. The lowest BCUT2D eigenvalue weighted by Gasteiger charge is -2.06. The number of hydrogen-bond acceptors (Lipinski definition) is 2. The molecule has 0 aromatic carbocycles. The van der Waals surface area contributed by atoms with Gasteiger partial charge in [0.2, 0.25) is 0 Å². The van der Waals surface area contributed by atoms with Gasteiger partial charge in [-0.25, -0.2) is 0 Å². The zero-order chi connectivity index (χ0) is 7.98. The van der Waals surface area contributed by atoms with Crippen molar-refractivity contribution < 1.29 is 9.53 Å². The molecule has 0 aliphatic heterocycles. The highest BCUT2D eigenvalue weighted by molar-refractivity contribution is 5.71. The lowest BCUT2D eigenvalue weighted by molar-refractivity contribution is -0.142. The van der Waals surface area contributed by atoms with Crippen molar-refractivity contribution in [3.63, 3.8) is 0 Å². The first-order valence-electron chi connectivity index (χ1n) is 3.68. The standard InChI is InChI=1S/C8H15O2/c1-4-5-6-7(2)8(9)10-3/h7H,3-6H2,1-2H3. The maximum atomic E-state index is 10.7. The molecule has 0 fully saturated rings. The van der Waals surface area contributed by atoms with Crippen molar-refractivity contribution in [1.82, 2.24) is 0 Å². The fraction of sp³-hybridized carbons (Fsp3) is 0.750. The molecule has 0 aliphatic carbocycles. The Balaban J connectivity index is 3.41. The molecule has 1 atom stereocenters. The summed E-state index contributed by atoms with van der Waals surface area (Å²) in [6, 6.07) is 0. The van der Waals surface area contributed by atoms with Crippen LogP contribution in [0.5, 0.6) is 0 Å². The van der Waals surface area contributed by atoms with Crippen LogP contribution in [0.25, 0.3) is 0 Å². The number of esters is 1. The molecule has 10 heavy (non-hydrogen) atoms. The first-order chi connectivity index (χ1) is 4.72. The van der Waals surface area contributed by atoms with Crippen molar-refractivity contribution >= 4 is 5.97 Å². The summed E-state index contributed by atoms with van der Waals surface area (Å²) in [4.78, 5) is 10.7. The molecule has 0 aliphatic rings. The fourth-order valence-corrected chi connectivity index (χ4v) is 0.770. The molecule has 1 unspecified atom stereocenters. The molecule has 0 amide bonds. The van der Waals surface area contributed by atoms with Crippen LogP contribution in [0.2, 0.25) is 0 Å². The Kier molecular flexibility index (Phi) is 4.99. The summed E-state index contributed by atoms with van der Waals surface area (Å²) in [7, 11) is 3.07. The van der Waals surface area contributed by atoms with Gasteiger partial charge in [-0.05, 0) is 6.42 Å². The molecule has 1 radical (unpaired) electrons. The molecule has 2 nitrogen and oxygen atoms in total. The highest BCUT2D eigenvalue weighted by Crippen LogP contribution is 2.08. The van der Waals surface area contributed by atoms with Gasteiger partial charge in [-0.2, -0.15) is 0 Å². The summed E-state index contributed by atoms with van der Waals surface area (Å²) < 4.78 is 4.32. The number of hydrogen-bond donors (Lipinski definition) is 0. The van der Waals surface area contributed by atoms with E-state index in [-0.39, 0.29) is 11.9 Å². The maximum Gasteiger partial charge on any atom is 0.308 e. The van der Waals surface area contributed by atoms with E-state index in [0.29, 0.717) is 0 Å². The summed E-state index contributed by atoms with van der Waals surface area (Å²) in [6.07, 6.45) is 3.11. The fourth-order valence-electron chi connectivity index (χ4n) is 0.770. The van der Waals surface area contributed by atoms with Crippen LogP contribution in [0.3, 0.4) is 0 Å². The minimum atomic E-state index is -0.201. The SMILES string of the molecule is [CH2]OC(=O)C(C)CCCC. The van der Waals surface area contributed by atoms with Gasteiger partial charge in [-0.1, -0.05) is 26.7 Å². The van der Waals surface area contributed by atoms with E-state index in [1.165, 1.54) is 0 Å². The van der Waals surface area contributed by atoms with Crippen LogP contribution < -0.4 is 0 Å². The Morgan fingerprint density at radius 2 is 2.30 bits per heavy atom. The average molecular weight is 143 g/mol. The molecule has 2 heteroatoms. The lowest BCUT2D eigenvalue weighted by Crippen LogP contribution is -2.11. The molecule has 0 aromatic rings. The van der Waals surface area contributed by atoms with E-state index in [9.17, 15) is 4.79 Å². The quantitative estimate of drug-likeness (QED) is 0.563. The summed E-state index contributed by atoms with van der Waals surface area (Å²) in [5, 5.41) is 0. The minimum absolute atomic E-state index is 0.0115. The molecule has 0 saturated heterocycles. The molecule has 0 bridgehead atoms. The predicted octanol–water partition coefficient (Wildman–Crippen LogP) is 2.15. The number of ether oxygens (including phenoxy) is 1. The molecular formula is C8H15O2. The molecule has 0 spiro atoms. The second-order valence-electron chi connectivity index (χ2n) is 2.51. The Bertz CT molecular complexity index is 99.4.